The van der Waals surface area contributed by atoms with Gasteiger partial charge in [-0.1, -0.05) is 24.3 Å². The third-order valence-corrected chi connectivity index (χ3v) is 2.45. The van der Waals surface area contributed by atoms with E-state index >= 15 is 0 Å². The van der Waals surface area contributed by atoms with Crippen molar-refractivity contribution in [3.63, 3.8) is 0 Å². The van der Waals surface area contributed by atoms with Crippen LogP contribution in [0.4, 0.5) is 17.6 Å². The van der Waals surface area contributed by atoms with E-state index in [1.54, 1.807) is 7.05 Å². The van der Waals surface area contributed by atoms with Gasteiger partial charge < -0.3 is 5.32 Å². The summed E-state index contributed by atoms with van der Waals surface area (Å²) in [6.07, 6.45) is -7.75. The molecule has 0 saturated carbocycles. The summed E-state index contributed by atoms with van der Waals surface area (Å²) in [6.45, 7) is 1.87. The highest BCUT2D eigenvalue weighted by atomic mass is 19.4. The van der Waals surface area contributed by atoms with Crippen LogP contribution in [0.25, 0.3) is 0 Å². The third kappa shape index (κ3) is 2.95. The van der Waals surface area contributed by atoms with Gasteiger partial charge in [0.1, 0.15) is 0 Å². The van der Waals surface area contributed by atoms with Crippen LogP contribution < -0.4 is 5.32 Å². The lowest BCUT2D eigenvalue weighted by Crippen LogP contribution is -2.17. The lowest BCUT2D eigenvalue weighted by molar-refractivity contribution is -0.182. The van der Waals surface area contributed by atoms with Gasteiger partial charge in [-0.25, -0.2) is 4.39 Å². The molecule has 1 aromatic rings. The van der Waals surface area contributed by atoms with Crippen LogP contribution >= 0.6 is 0 Å². The lowest BCUT2D eigenvalue weighted by atomic mass is 10.0. The van der Waals surface area contributed by atoms with E-state index in [4.69, 9.17) is 0 Å². The Morgan fingerprint density at radius 2 is 1.50 bits per heavy atom. The molecule has 1 aromatic carbocycles. The fraction of sp³-hybridized carbons (Fsp3) is 0.455. The van der Waals surface area contributed by atoms with E-state index in [-0.39, 0.29) is 11.6 Å². The zero-order chi connectivity index (χ0) is 12.3. The van der Waals surface area contributed by atoms with E-state index in [2.05, 4.69) is 5.32 Å². The van der Waals surface area contributed by atoms with E-state index < -0.39 is 12.3 Å². The van der Waals surface area contributed by atoms with Crippen molar-refractivity contribution in [2.75, 3.05) is 7.05 Å². The molecule has 1 N–H and O–H groups in total. The number of hydrogen-bond donors (Lipinski definition) is 1. The van der Waals surface area contributed by atoms with Gasteiger partial charge in [-0.3, -0.25) is 0 Å². The van der Waals surface area contributed by atoms with Crippen molar-refractivity contribution < 1.29 is 17.6 Å². The molecule has 0 spiro atoms. The third-order valence-electron chi connectivity index (χ3n) is 2.45. The number of hydrogen-bond acceptors (Lipinski definition) is 1. The summed E-state index contributed by atoms with van der Waals surface area (Å²) in [5, 5.41) is 2.94. The topological polar surface area (TPSA) is 12.0 Å². The highest BCUT2D eigenvalue weighted by molar-refractivity contribution is 5.26. The molecule has 1 rings (SSSR count). The van der Waals surface area contributed by atoms with Gasteiger partial charge in [0.2, 0.25) is 6.17 Å². The summed E-state index contributed by atoms with van der Waals surface area (Å²) in [7, 11) is 1.74. The molecule has 0 saturated heterocycles. The highest BCUT2D eigenvalue weighted by Gasteiger charge is 2.41. The average Bonchev–Trinajstić information content (AvgIpc) is 2.26. The first-order valence-corrected chi connectivity index (χ1v) is 4.84. The van der Waals surface area contributed by atoms with Gasteiger partial charge in [0, 0.05) is 6.04 Å². The summed E-state index contributed by atoms with van der Waals surface area (Å²) in [6, 6.07) is 5.35. The predicted octanol–water partition coefficient (Wildman–Crippen LogP) is 3.54. The molecule has 0 radical (unpaired) electrons. The number of alkyl halides is 4. The Morgan fingerprint density at radius 1 is 1.06 bits per heavy atom. The molecule has 16 heavy (non-hydrogen) atoms. The van der Waals surface area contributed by atoms with Crippen molar-refractivity contribution in [1.82, 2.24) is 5.32 Å². The maximum Gasteiger partial charge on any atom is 0.423 e. The SMILES string of the molecule is CNC(C)c1ccc(C(F)C(F)(F)F)cc1. The fourth-order valence-electron chi connectivity index (χ4n) is 1.31. The first kappa shape index (κ1) is 13.0. The van der Waals surface area contributed by atoms with Gasteiger partial charge in [-0.2, -0.15) is 13.2 Å². The van der Waals surface area contributed by atoms with Gasteiger partial charge >= 0.3 is 6.18 Å². The Balaban J connectivity index is 2.87. The van der Waals surface area contributed by atoms with Crippen LogP contribution in [0.5, 0.6) is 0 Å². The molecule has 0 aromatic heterocycles. The number of rotatable bonds is 3. The first-order chi connectivity index (χ1) is 7.36. The van der Waals surface area contributed by atoms with Crippen molar-refractivity contribution in [1.29, 1.82) is 0 Å². The van der Waals surface area contributed by atoms with Crippen LogP contribution in [0.2, 0.25) is 0 Å². The average molecular weight is 235 g/mol. The van der Waals surface area contributed by atoms with Crippen LogP contribution in [-0.4, -0.2) is 13.2 Å². The second kappa shape index (κ2) is 4.82. The monoisotopic (exact) mass is 235 g/mol. The smallest absolute Gasteiger partial charge is 0.313 e. The molecular formula is C11H13F4N. The number of benzene rings is 1. The predicted molar refractivity (Wildman–Crippen MR) is 53.8 cm³/mol. The van der Waals surface area contributed by atoms with Crippen LogP contribution in [0.15, 0.2) is 24.3 Å². The van der Waals surface area contributed by atoms with Gasteiger partial charge in [0.15, 0.2) is 0 Å². The van der Waals surface area contributed by atoms with E-state index in [0.29, 0.717) is 0 Å². The largest absolute Gasteiger partial charge is 0.423 e. The van der Waals surface area contributed by atoms with Crippen molar-refractivity contribution in [3.8, 4) is 0 Å². The molecule has 0 bridgehead atoms. The van der Waals surface area contributed by atoms with E-state index in [1.807, 2.05) is 6.92 Å². The second-order valence-electron chi connectivity index (χ2n) is 3.58. The molecule has 90 valence electrons. The Labute approximate surface area is 91.5 Å². The zero-order valence-corrected chi connectivity index (χ0v) is 8.98. The summed E-state index contributed by atoms with van der Waals surface area (Å²) < 4.78 is 49.1. The minimum Gasteiger partial charge on any atom is -0.313 e. The molecule has 0 heterocycles. The molecular weight excluding hydrogens is 222 g/mol. The molecule has 0 amide bonds. The van der Waals surface area contributed by atoms with Crippen molar-refractivity contribution >= 4 is 0 Å². The Kier molecular flexibility index (Phi) is 3.91. The summed E-state index contributed by atoms with van der Waals surface area (Å²) in [4.78, 5) is 0. The Morgan fingerprint density at radius 3 is 1.88 bits per heavy atom. The van der Waals surface area contributed by atoms with E-state index in [0.717, 1.165) is 5.56 Å². The minimum absolute atomic E-state index is 0.0259. The van der Waals surface area contributed by atoms with Crippen molar-refractivity contribution in [2.45, 2.75) is 25.3 Å². The lowest BCUT2D eigenvalue weighted by Gasteiger charge is -2.14. The summed E-state index contributed by atoms with van der Waals surface area (Å²) >= 11 is 0. The van der Waals surface area contributed by atoms with Crippen LogP contribution in [0.3, 0.4) is 0 Å². The normalized spacial score (nSPS) is 15.9. The second-order valence-corrected chi connectivity index (χ2v) is 3.58. The van der Waals surface area contributed by atoms with E-state index in [1.165, 1.54) is 24.3 Å². The molecule has 2 unspecified atom stereocenters. The minimum atomic E-state index is -4.84. The van der Waals surface area contributed by atoms with Crippen molar-refractivity contribution in [3.05, 3.63) is 35.4 Å². The number of halogens is 4. The standard InChI is InChI=1S/C11H13F4N/c1-7(16-2)8-3-5-9(6-4-8)10(12)11(13,14)15/h3-7,10,16H,1-2H3. The molecule has 0 aliphatic heterocycles. The van der Waals surface area contributed by atoms with Gasteiger partial charge in [0.05, 0.1) is 0 Å². The molecule has 0 fully saturated rings. The van der Waals surface area contributed by atoms with Gasteiger partial charge in [-0.05, 0) is 25.1 Å². The van der Waals surface area contributed by atoms with Gasteiger partial charge in [-0.15, -0.1) is 0 Å². The van der Waals surface area contributed by atoms with Crippen LogP contribution in [0, 0.1) is 0 Å². The zero-order valence-electron chi connectivity index (χ0n) is 8.98. The molecule has 0 aliphatic rings. The first-order valence-electron chi connectivity index (χ1n) is 4.84. The van der Waals surface area contributed by atoms with E-state index in [9.17, 15) is 17.6 Å². The highest BCUT2D eigenvalue weighted by Crippen LogP contribution is 2.36. The fourth-order valence-corrected chi connectivity index (χ4v) is 1.31. The molecule has 0 aliphatic carbocycles. The molecule has 5 heteroatoms. The maximum absolute atomic E-state index is 12.9. The van der Waals surface area contributed by atoms with Crippen LogP contribution in [0.1, 0.15) is 30.3 Å². The van der Waals surface area contributed by atoms with Crippen molar-refractivity contribution in [2.24, 2.45) is 0 Å². The Hall–Kier alpha value is -1.10. The maximum atomic E-state index is 12.9. The Bertz CT molecular complexity index is 331. The van der Waals surface area contributed by atoms with Crippen LogP contribution in [-0.2, 0) is 0 Å². The quantitative estimate of drug-likeness (QED) is 0.790. The molecule has 1 nitrogen and oxygen atoms in total. The summed E-state index contributed by atoms with van der Waals surface area (Å²) in [5.74, 6) is 0. The van der Waals surface area contributed by atoms with Gasteiger partial charge in [0.25, 0.3) is 0 Å². The number of nitrogens with one attached hydrogen (secondary N) is 1. The molecule has 2 atom stereocenters. The summed E-state index contributed by atoms with van der Waals surface area (Å²) in [5.41, 5.74) is 0.458.